The molecule has 0 spiro atoms. The summed E-state index contributed by atoms with van der Waals surface area (Å²) in [6, 6.07) is 7.29. The number of hydrogen-bond donors (Lipinski definition) is 1. The van der Waals surface area contributed by atoms with Gasteiger partial charge < -0.3 is 5.32 Å². The first kappa shape index (κ1) is 16.2. The number of benzene rings is 1. The number of hydrogen-bond acceptors (Lipinski definition) is 2. The van der Waals surface area contributed by atoms with Gasteiger partial charge in [-0.15, -0.1) is 12.4 Å². The van der Waals surface area contributed by atoms with Crippen LogP contribution >= 0.6 is 28.3 Å². The largest absolute Gasteiger partial charge is 0.311 e. The Morgan fingerprint density at radius 1 is 1.30 bits per heavy atom. The predicted molar refractivity (Wildman–Crippen MR) is 85.8 cm³/mol. The van der Waals surface area contributed by atoms with E-state index in [2.05, 4.69) is 33.2 Å². The molecule has 2 unspecified atom stereocenters. The van der Waals surface area contributed by atoms with Crippen molar-refractivity contribution < 1.29 is 4.39 Å². The van der Waals surface area contributed by atoms with Gasteiger partial charge in [0.05, 0.1) is 0 Å². The number of piperidine rings is 1. The Hall–Kier alpha value is -0.160. The molecule has 2 heterocycles. The van der Waals surface area contributed by atoms with E-state index in [1.165, 1.54) is 25.7 Å². The first-order valence-electron chi connectivity index (χ1n) is 7.02. The maximum atomic E-state index is 13.9. The number of nitrogens with one attached hydrogen (secondary N) is 1. The molecule has 0 saturated carbocycles. The van der Waals surface area contributed by atoms with Gasteiger partial charge in [-0.25, -0.2) is 4.39 Å². The Bertz CT molecular complexity index is 459. The lowest BCUT2D eigenvalue weighted by molar-refractivity contribution is 0.164. The molecule has 2 bridgehead atoms. The molecule has 2 atom stereocenters. The lowest BCUT2D eigenvalue weighted by Gasteiger charge is -2.35. The quantitative estimate of drug-likeness (QED) is 0.880. The van der Waals surface area contributed by atoms with Crippen LogP contribution in [0, 0.1) is 5.82 Å². The molecule has 0 aromatic heterocycles. The Labute approximate surface area is 134 Å². The third-order valence-electron chi connectivity index (χ3n) is 4.51. The Morgan fingerprint density at radius 3 is 2.55 bits per heavy atom. The van der Waals surface area contributed by atoms with Gasteiger partial charge in [0, 0.05) is 34.7 Å². The minimum absolute atomic E-state index is 0. The van der Waals surface area contributed by atoms with Crippen LogP contribution in [0.15, 0.2) is 22.7 Å². The second-order valence-electron chi connectivity index (χ2n) is 5.91. The van der Waals surface area contributed by atoms with Crippen LogP contribution < -0.4 is 5.32 Å². The van der Waals surface area contributed by atoms with E-state index in [9.17, 15) is 4.39 Å². The molecule has 1 aromatic rings. The van der Waals surface area contributed by atoms with Crippen LogP contribution in [-0.2, 0) is 6.54 Å². The van der Waals surface area contributed by atoms with E-state index >= 15 is 0 Å². The highest BCUT2D eigenvalue weighted by Crippen LogP contribution is 2.30. The van der Waals surface area contributed by atoms with E-state index in [1.807, 2.05) is 12.1 Å². The van der Waals surface area contributed by atoms with Crippen molar-refractivity contribution in [2.75, 3.05) is 7.05 Å². The smallest absolute Gasteiger partial charge is 0.128 e. The molecule has 2 nitrogen and oxygen atoms in total. The van der Waals surface area contributed by atoms with Gasteiger partial charge in [-0.2, -0.15) is 0 Å². The summed E-state index contributed by atoms with van der Waals surface area (Å²) in [6.07, 6.45) is 5.01. The summed E-state index contributed by atoms with van der Waals surface area (Å²) in [5.41, 5.74) is 0.788. The molecule has 2 fully saturated rings. The summed E-state index contributed by atoms with van der Waals surface area (Å²) in [7, 11) is 2.12. The highest BCUT2D eigenvalue weighted by atomic mass is 79.9. The zero-order valence-electron chi connectivity index (χ0n) is 11.6. The van der Waals surface area contributed by atoms with Crippen molar-refractivity contribution in [2.24, 2.45) is 0 Å². The molecule has 112 valence electrons. The molecule has 1 aromatic carbocycles. The maximum Gasteiger partial charge on any atom is 0.128 e. The summed E-state index contributed by atoms with van der Waals surface area (Å²) in [5, 5.41) is 3.65. The lowest BCUT2D eigenvalue weighted by atomic mass is 9.98. The first-order valence-corrected chi connectivity index (χ1v) is 7.81. The monoisotopic (exact) mass is 362 g/mol. The fourth-order valence-electron chi connectivity index (χ4n) is 3.43. The van der Waals surface area contributed by atoms with Crippen LogP contribution in [0.1, 0.15) is 31.2 Å². The van der Waals surface area contributed by atoms with Gasteiger partial charge in [0.1, 0.15) is 5.82 Å². The van der Waals surface area contributed by atoms with Crippen molar-refractivity contribution in [3.63, 3.8) is 0 Å². The van der Waals surface area contributed by atoms with Crippen LogP contribution in [0.5, 0.6) is 0 Å². The average Bonchev–Trinajstić information content (AvgIpc) is 2.71. The number of fused-ring (bicyclic) bond motifs is 2. The Kier molecular flexibility index (Phi) is 5.46. The lowest BCUT2D eigenvalue weighted by Crippen LogP contribution is -2.46. The number of halogens is 3. The first-order chi connectivity index (χ1) is 9.11. The van der Waals surface area contributed by atoms with Crippen LogP contribution in [0.3, 0.4) is 0 Å². The van der Waals surface area contributed by atoms with Crippen LogP contribution in [0.2, 0.25) is 0 Å². The fourth-order valence-corrected chi connectivity index (χ4v) is 3.77. The van der Waals surface area contributed by atoms with Crippen molar-refractivity contribution in [3.05, 3.63) is 34.1 Å². The summed E-state index contributed by atoms with van der Waals surface area (Å²) in [6.45, 7) is 0.698. The molecule has 2 aliphatic rings. The van der Waals surface area contributed by atoms with Crippen molar-refractivity contribution in [2.45, 2.75) is 50.4 Å². The molecular weight excluding hydrogens is 343 g/mol. The number of rotatable bonds is 3. The predicted octanol–water partition coefficient (Wildman–Crippen LogP) is 3.72. The summed E-state index contributed by atoms with van der Waals surface area (Å²) >= 11 is 3.30. The fraction of sp³-hybridized carbons (Fsp3) is 0.600. The highest BCUT2D eigenvalue weighted by molar-refractivity contribution is 9.10. The summed E-state index contributed by atoms with van der Waals surface area (Å²) < 4.78 is 14.7. The Balaban J connectivity index is 0.00000147. The molecule has 20 heavy (non-hydrogen) atoms. The van der Waals surface area contributed by atoms with E-state index in [1.54, 1.807) is 6.07 Å². The molecule has 3 rings (SSSR count). The van der Waals surface area contributed by atoms with E-state index in [4.69, 9.17) is 0 Å². The van der Waals surface area contributed by atoms with Crippen molar-refractivity contribution in [3.8, 4) is 0 Å². The topological polar surface area (TPSA) is 15.3 Å². The third-order valence-corrected chi connectivity index (χ3v) is 5.00. The minimum Gasteiger partial charge on any atom is -0.311 e. The normalized spacial score (nSPS) is 28.5. The van der Waals surface area contributed by atoms with Gasteiger partial charge >= 0.3 is 0 Å². The van der Waals surface area contributed by atoms with Gasteiger partial charge in [-0.3, -0.25) is 4.90 Å². The maximum absolute atomic E-state index is 13.9. The molecule has 0 radical (unpaired) electrons. The van der Waals surface area contributed by atoms with Crippen molar-refractivity contribution >= 4 is 28.3 Å². The summed E-state index contributed by atoms with van der Waals surface area (Å²) in [4.78, 5) is 2.32. The van der Waals surface area contributed by atoms with Crippen LogP contribution in [-0.4, -0.2) is 30.1 Å². The van der Waals surface area contributed by atoms with E-state index in [-0.39, 0.29) is 18.2 Å². The molecule has 2 aliphatic heterocycles. The SMILES string of the molecule is CN(Cc1ccc(Br)cc1F)C1CC2CCC(C1)N2.Cl. The van der Waals surface area contributed by atoms with Gasteiger partial charge in [0.25, 0.3) is 0 Å². The van der Waals surface area contributed by atoms with Crippen molar-refractivity contribution in [1.82, 2.24) is 10.2 Å². The van der Waals surface area contributed by atoms with E-state index < -0.39 is 0 Å². The van der Waals surface area contributed by atoms with E-state index in [0.717, 1.165) is 10.0 Å². The van der Waals surface area contributed by atoms with Gasteiger partial charge in [0.15, 0.2) is 0 Å². The molecule has 5 heteroatoms. The zero-order valence-corrected chi connectivity index (χ0v) is 14.0. The average molecular weight is 364 g/mol. The second-order valence-corrected chi connectivity index (χ2v) is 6.83. The molecular formula is C15H21BrClFN2. The van der Waals surface area contributed by atoms with Crippen LogP contribution in [0.25, 0.3) is 0 Å². The van der Waals surface area contributed by atoms with Gasteiger partial charge in [0.2, 0.25) is 0 Å². The highest BCUT2D eigenvalue weighted by Gasteiger charge is 2.35. The molecule has 0 aliphatic carbocycles. The molecule has 1 N–H and O–H groups in total. The minimum atomic E-state index is -0.113. The van der Waals surface area contributed by atoms with Crippen LogP contribution in [0.4, 0.5) is 4.39 Å². The van der Waals surface area contributed by atoms with Gasteiger partial charge in [-0.1, -0.05) is 22.0 Å². The summed E-state index contributed by atoms with van der Waals surface area (Å²) in [5.74, 6) is -0.113. The second kappa shape index (κ2) is 6.73. The molecule has 2 saturated heterocycles. The standard InChI is InChI=1S/C15H20BrFN2.ClH/c1-19(9-10-2-3-11(16)6-15(10)17)14-7-12-4-5-13(8-14)18-12;/h2-3,6,12-14,18H,4-5,7-9H2,1H3;1H. The molecule has 0 amide bonds. The Morgan fingerprint density at radius 2 is 1.95 bits per heavy atom. The van der Waals surface area contributed by atoms with Crippen molar-refractivity contribution in [1.29, 1.82) is 0 Å². The van der Waals surface area contributed by atoms with E-state index in [0.29, 0.717) is 24.7 Å². The third kappa shape index (κ3) is 3.53. The zero-order chi connectivity index (χ0) is 13.4. The van der Waals surface area contributed by atoms with Gasteiger partial charge in [-0.05, 0) is 44.9 Å². The number of nitrogens with zero attached hydrogens (tertiary/aromatic N) is 1.